The lowest BCUT2D eigenvalue weighted by atomic mass is 9.91. The van der Waals surface area contributed by atoms with Gasteiger partial charge in [-0.3, -0.25) is 0 Å². The number of ether oxygens (including phenoxy) is 3. The van der Waals surface area contributed by atoms with Crippen LogP contribution >= 0.6 is 11.8 Å². The van der Waals surface area contributed by atoms with Gasteiger partial charge in [0.25, 0.3) is 0 Å². The van der Waals surface area contributed by atoms with E-state index in [0.717, 1.165) is 22.4 Å². The first kappa shape index (κ1) is 31.3. The molecule has 0 aliphatic carbocycles. The number of aliphatic hydroxyl groups excluding tert-OH is 1. The molecule has 6 rings (SSSR count). The van der Waals surface area contributed by atoms with Crippen molar-refractivity contribution in [1.82, 2.24) is 9.97 Å². The Kier molecular flexibility index (Phi) is 10.2. The van der Waals surface area contributed by atoms with E-state index in [-0.39, 0.29) is 30.8 Å². The second-order valence-electron chi connectivity index (χ2n) is 10.8. The molecule has 1 aliphatic heterocycles. The molecule has 46 heavy (non-hydrogen) atoms. The van der Waals surface area contributed by atoms with Gasteiger partial charge in [0.15, 0.2) is 11.4 Å². The van der Waals surface area contributed by atoms with Crippen molar-refractivity contribution in [3.05, 3.63) is 138 Å². The zero-order valence-electron chi connectivity index (χ0n) is 25.2. The van der Waals surface area contributed by atoms with Crippen LogP contribution in [0, 0.1) is 5.92 Å². The monoisotopic (exact) mass is 634 g/mol. The highest BCUT2D eigenvalue weighted by Crippen LogP contribution is 2.43. The van der Waals surface area contributed by atoms with Crippen LogP contribution in [0.1, 0.15) is 36.0 Å². The molecule has 1 fully saturated rings. The molecule has 0 spiro atoms. The zero-order valence-corrected chi connectivity index (χ0v) is 26.0. The fourth-order valence-corrected chi connectivity index (χ4v) is 6.08. The van der Waals surface area contributed by atoms with E-state index in [1.54, 1.807) is 42.7 Å². The number of aromatic nitrogens is 2. The number of para-hydroxylation sites is 1. The number of anilines is 2. The van der Waals surface area contributed by atoms with Gasteiger partial charge in [0.2, 0.25) is 0 Å². The fourth-order valence-electron chi connectivity index (χ4n) is 5.11. The number of benzene rings is 4. The van der Waals surface area contributed by atoms with Crippen molar-refractivity contribution in [3.63, 3.8) is 0 Å². The molecular weight excluding hydrogens is 600 g/mol. The topological polar surface area (TPSA) is 115 Å². The summed E-state index contributed by atoms with van der Waals surface area (Å²) < 4.78 is 18.9. The number of amides is 2. The third-order valence-electron chi connectivity index (χ3n) is 7.55. The van der Waals surface area contributed by atoms with Crippen molar-refractivity contribution in [1.29, 1.82) is 0 Å². The highest BCUT2D eigenvalue weighted by molar-refractivity contribution is 7.99. The van der Waals surface area contributed by atoms with Crippen molar-refractivity contribution < 1.29 is 24.1 Å². The largest absolute Gasteiger partial charge is 0.457 e. The number of rotatable bonds is 10. The molecule has 0 bridgehead atoms. The lowest BCUT2D eigenvalue weighted by molar-refractivity contribution is -0.268. The molecule has 2 heterocycles. The van der Waals surface area contributed by atoms with Gasteiger partial charge < -0.3 is 30.0 Å². The predicted molar refractivity (Wildman–Crippen MR) is 178 cm³/mol. The maximum absolute atomic E-state index is 12.9. The van der Waals surface area contributed by atoms with Gasteiger partial charge in [0.05, 0.1) is 18.8 Å². The number of nitrogens with one attached hydrogen (secondary N) is 2. The standard InChI is InChI=1S/C36H34N4O5S/c1-24-32(23-46-36-37-19-6-20-38-36)44-34(45-33(24)26-13-11-25(22-41)12-14-26)27-7-5-8-29(21-27)40-35(42)39-28-15-17-31(18-16-28)43-30-9-3-2-4-10-30/h2-21,24,32-34,41H,22-23H2,1H3,(H2,39,40,42). The summed E-state index contributed by atoms with van der Waals surface area (Å²) in [5, 5.41) is 16.0. The van der Waals surface area contributed by atoms with E-state index in [1.807, 2.05) is 78.9 Å². The van der Waals surface area contributed by atoms with Gasteiger partial charge >= 0.3 is 6.03 Å². The summed E-state index contributed by atoms with van der Waals surface area (Å²) in [5.41, 5.74) is 3.83. The lowest BCUT2D eigenvalue weighted by Gasteiger charge is -2.41. The Morgan fingerprint density at radius 3 is 2.26 bits per heavy atom. The second kappa shape index (κ2) is 15.0. The first-order valence-corrected chi connectivity index (χ1v) is 15.9. The van der Waals surface area contributed by atoms with Gasteiger partial charge in [-0.25, -0.2) is 14.8 Å². The number of thioether (sulfide) groups is 1. The van der Waals surface area contributed by atoms with E-state index >= 15 is 0 Å². The Bertz CT molecular complexity index is 1710. The minimum Gasteiger partial charge on any atom is -0.457 e. The zero-order chi connectivity index (χ0) is 31.7. The number of carbonyl (C=O) groups is 1. The van der Waals surface area contributed by atoms with Crippen LogP contribution in [0.3, 0.4) is 0 Å². The van der Waals surface area contributed by atoms with Gasteiger partial charge in [0.1, 0.15) is 11.5 Å². The van der Waals surface area contributed by atoms with Crippen molar-refractivity contribution in [2.75, 3.05) is 16.4 Å². The van der Waals surface area contributed by atoms with E-state index in [4.69, 9.17) is 14.2 Å². The highest BCUT2D eigenvalue weighted by Gasteiger charge is 2.38. The van der Waals surface area contributed by atoms with Crippen LogP contribution in [-0.2, 0) is 16.1 Å². The molecule has 0 saturated carbocycles. The average molecular weight is 635 g/mol. The summed E-state index contributed by atoms with van der Waals surface area (Å²) in [6.45, 7) is 2.09. The van der Waals surface area contributed by atoms with Crippen LogP contribution < -0.4 is 15.4 Å². The van der Waals surface area contributed by atoms with Crippen LogP contribution in [0.4, 0.5) is 16.2 Å². The van der Waals surface area contributed by atoms with E-state index in [1.165, 1.54) is 11.8 Å². The van der Waals surface area contributed by atoms with Gasteiger partial charge in [0, 0.05) is 41.0 Å². The molecular formula is C36H34N4O5S. The minimum atomic E-state index is -0.678. The van der Waals surface area contributed by atoms with Crippen molar-refractivity contribution in [2.45, 2.75) is 37.2 Å². The van der Waals surface area contributed by atoms with Gasteiger partial charge in [-0.1, -0.05) is 73.3 Å². The molecule has 5 aromatic rings. The summed E-state index contributed by atoms with van der Waals surface area (Å²) in [7, 11) is 0. The SMILES string of the molecule is CC1C(CSc2ncccn2)OC(c2cccc(NC(=O)Nc3ccc(Oc4ccccc4)cc3)c2)OC1c1ccc(CO)cc1. The molecule has 4 unspecified atom stereocenters. The number of urea groups is 1. The molecule has 234 valence electrons. The Balaban J connectivity index is 1.14. The fraction of sp³-hybridized carbons (Fsp3) is 0.194. The molecule has 3 N–H and O–H groups in total. The summed E-state index contributed by atoms with van der Waals surface area (Å²) >= 11 is 1.54. The average Bonchev–Trinajstić information content (AvgIpc) is 3.10. The van der Waals surface area contributed by atoms with Gasteiger partial charge in [-0.05, 0) is 65.7 Å². The number of hydrogen-bond donors (Lipinski definition) is 3. The quantitative estimate of drug-likeness (QED) is 0.105. The molecule has 10 heteroatoms. The molecule has 4 atom stereocenters. The Morgan fingerprint density at radius 2 is 1.52 bits per heavy atom. The third kappa shape index (κ3) is 8.09. The summed E-state index contributed by atoms with van der Waals surface area (Å²) in [6, 6.07) is 33.3. The van der Waals surface area contributed by atoms with Crippen molar-refractivity contribution >= 4 is 29.2 Å². The Labute approximate surface area is 272 Å². The molecule has 4 aromatic carbocycles. The number of aliphatic hydroxyl groups is 1. The Hall–Kier alpha value is -4.74. The van der Waals surface area contributed by atoms with Crippen molar-refractivity contribution in [2.24, 2.45) is 5.92 Å². The van der Waals surface area contributed by atoms with E-state index in [2.05, 4.69) is 27.5 Å². The number of hydrogen-bond acceptors (Lipinski definition) is 8. The summed E-state index contributed by atoms with van der Waals surface area (Å²) in [5.74, 6) is 2.06. The minimum absolute atomic E-state index is 0.0176. The molecule has 9 nitrogen and oxygen atoms in total. The number of carbonyl (C=O) groups excluding carboxylic acids is 1. The number of nitrogens with zero attached hydrogens (tertiary/aromatic N) is 2. The predicted octanol–water partition coefficient (Wildman–Crippen LogP) is 7.99. The third-order valence-corrected chi connectivity index (χ3v) is 8.51. The van der Waals surface area contributed by atoms with Crippen LogP contribution in [-0.4, -0.2) is 33.0 Å². The van der Waals surface area contributed by atoms with Gasteiger partial charge in [-0.2, -0.15) is 0 Å². The van der Waals surface area contributed by atoms with Crippen LogP contribution in [0.25, 0.3) is 0 Å². The lowest BCUT2D eigenvalue weighted by Crippen LogP contribution is -2.38. The van der Waals surface area contributed by atoms with E-state index < -0.39 is 6.29 Å². The first-order valence-electron chi connectivity index (χ1n) is 15.0. The van der Waals surface area contributed by atoms with Crippen LogP contribution in [0.2, 0.25) is 0 Å². The second-order valence-corrected chi connectivity index (χ2v) is 11.8. The normalized spacial score (nSPS) is 19.3. The Morgan fingerprint density at radius 1 is 0.804 bits per heavy atom. The van der Waals surface area contributed by atoms with Crippen LogP contribution in [0.5, 0.6) is 11.5 Å². The molecule has 1 aromatic heterocycles. The molecule has 1 saturated heterocycles. The summed E-state index contributed by atoms with van der Waals surface area (Å²) in [6.07, 6.45) is 2.33. The molecule has 2 amide bonds. The van der Waals surface area contributed by atoms with E-state index in [9.17, 15) is 9.90 Å². The maximum atomic E-state index is 12.9. The smallest absolute Gasteiger partial charge is 0.323 e. The van der Waals surface area contributed by atoms with E-state index in [0.29, 0.717) is 28.0 Å². The highest BCUT2D eigenvalue weighted by atomic mass is 32.2. The summed E-state index contributed by atoms with van der Waals surface area (Å²) in [4.78, 5) is 21.6. The van der Waals surface area contributed by atoms with Gasteiger partial charge in [-0.15, -0.1) is 0 Å². The molecule has 1 aliphatic rings. The maximum Gasteiger partial charge on any atom is 0.323 e. The van der Waals surface area contributed by atoms with Crippen molar-refractivity contribution in [3.8, 4) is 11.5 Å². The first-order chi connectivity index (χ1) is 22.5. The van der Waals surface area contributed by atoms with Crippen LogP contribution in [0.15, 0.2) is 127 Å². The molecule has 0 radical (unpaired) electrons.